The van der Waals surface area contributed by atoms with Crippen molar-refractivity contribution in [1.29, 1.82) is 0 Å². The van der Waals surface area contributed by atoms with Crippen LogP contribution in [0.25, 0.3) is 0 Å². The molecule has 0 amide bonds. The van der Waals surface area contributed by atoms with Crippen molar-refractivity contribution in [3.05, 3.63) is 0 Å². The molecule has 0 aromatic heterocycles. The average molecular weight is 171 g/mol. The lowest BCUT2D eigenvalue weighted by molar-refractivity contribution is 0.328. The first kappa shape index (κ1) is 9.50. The van der Waals surface area contributed by atoms with Crippen molar-refractivity contribution in [2.75, 3.05) is 13.1 Å². The lowest BCUT2D eigenvalue weighted by Crippen LogP contribution is -2.58. The molecule has 0 aromatic carbocycles. The lowest BCUT2D eigenvalue weighted by Gasteiger charge is -2.31. The van der Waals surface area contributed by atoms with Crippen LogP contribution in [-0.4, -0.2) is 25.2 Å². The van der Waals surface area contributed by atoms with Crippen LogP contribution in [0.2, 0.25) is 0 Å². The van der Waals surface area contributed by atoms with Crippen molar-refractivity contribution in [2.24, 2.45) is 0 Å². The highest BCUT2D eigenvalue weighted by Gasteiger charge is 2.33. The third-order valence-corrected chi connectivity index (χ3v) is 1.95. The second-order valence-corrected chi connectivity index (χ2v) is 2.36. The molecule has 2 atom stereocenters. The number of rotatable bonds is 0. The third-order valence-electron chi connectivity index (χ3n) is 1.95. The van der Waals surface area contributed by atoms with Crippen LogP contribution in [0.3, 0.4) is 0 Å². The first-order chi connectivity index (χ1) is 3.47. The minimum absolute atomic E-state index is 0. The molecular formula is C5H12Cl2N2. The molecule has 2 rings (SSSR count). The van der Waals surface area contributed by atoms with Gasteiger partial charge in [0.05, 0.1) is 0 Å². The molecule has 2 saturated heterocycles. The second kappa shape index (κ2) is 3.62. The van der Waals surface area contributed by atoms with Crippen LogP contribution >= 0.6 is 24.8 Å². The van der Waals surface area contributed by atoms with E-state index in [-0.39, 0.29) is 24.8 Å². The summed E-state index contributed by atoms with van der Waals surface area (Å²) in [6, 6.07) is 1.67. The molecule has 0 saturated carbocycles. The Morgan fingerprint density at radius 3 is 2.00 bits per heavy atom. The van der Waals surface area contributed by atoms with Crippen LogP contribution in [0.4, 0.5) is 0 Å². The number of fused-ring (bicyclic) bond motifs is 1. The molecule has 2 heterocycles. The quantitative estimate of drug-likeness (QED) is 0.542. The molecular weight excluding hydrogens is 159 g/mol. The SMILES string of the molecule is C1C[C@@H]2NC[C@@H]2N1.Cl.Cl. The van der Waals surface area contributed by atoms with Crippen LogP contribution in [-0.2, 0) is 0 Å². The number of hydrogen-bond acceptors (Lipinski definition) is 2. The summed E-state index contributed by atoms with van der Waals surface area (Å²) < 4.78 is 0. The standard InChI is InChI=1S/C5H10N2.2ClH/c1-2-6-5-3-7-4(1)5;;/h4-7H,1-3H2;2*1H/t4-,5-;;/m0../s1. The molecule has 0 aromatic rings. The smallest absolute Gasteiger partial charge is 0.0347 e. The van der Waals surface area contributed by atoms with Crippen LogP contribution in [0.1, 0.15) is 6.42 Å². The lowest BCUT2D eigenvalue weighted by atomic mass is 10.0. The molecule has 2 nitrogen and oxygen atoms in total. The van der Waals surface area contributed by atoms with Crippen LogP contribution in [0.15, 0.2) is 0 Å². The predicted molar refractivity (Wildman–Crippen MR) is 42.7 cm³/mol. The second-order valence-electron chi connectivity index (χ2n) is 2.36. The Bertz CT molecular complexity index is 79.0. The van der Waals surface area contributed by atoms with Gasteiger partial charge in [-0.1, -0.05) is 0 Å². The predicted octanol–water partition coefficient (Wildman–Crippen LogP) is 0.164. The summed E-state index contributed by atoms with van der Waals surface area (Å²) in [6.45, 7) is 2.42. The molecule has 2 aliphatic heterocycles. The van der Waals surface area contributed by atoms with Crippen LogP contribution in [0.5, 0.6) is 0 Å². The Morgan fingerprint density at radius 2 is 1.78 bits per heavy atom. The van der Waals surface area contributed by atoms with Gasteiger partial charge in [-0.3, -0.25) is 0 Å². The maximum absolute atomic E-state index is 3.39. The fraction of sp³-hybridized carbons (Fsp3) is 1.00. The van der Waals surface area contributed by atoms with E-state index in [9.17, 15) is 0 Å². The van der Waals surface area contributed by atoms with E-state index < -0.39 is 0 Å². The molecule has 2 N–H and O–H groups in total. The number of nitrogens with one attached hydrogen (secondary N) is 2. The topological polar surface area (TPSA) is 24.1 Å². The zero-order chi connectivity index (χ0) is 4.69. The summed E-state index contributed by atoms with van der Waals surface area (Å²) in [5, 5.41) is 6.74. The molecule has 2 aliphatic rings. The monoisotopic (exact) mass is 170 g/mol. The van der Waals surface area contributed by atoms with Crippen LogP contribution in [0, 0.1) is 0 Å². The van der Waals surface area contributed by atoms with E-state index in [1.54, 1.807) is 0 Å². The van der Waals surface area contributed by atoms with Gasteiger partial charge in [0.25, 0.3) is 0 Å². The van der Waals surface area contributed by atoms with Gasteiger partial charge in [-0.15, -0.1) is 24.8 Å². The van der Waals surface area contributed by atoms with Crippen LogP contribution < -0.4 is 10.6 Å². The minimum atomic E-state index is 0. The Hall–Kier alpha value is 0.500. The first-order valence-corrected chi connectivity index (χ1v) is 2.93. The van der Waals surface area contributed by atoms with Gasteiger partial charge >= 0.3 is 0 Å². The Labute approximate surface area is 67.6 Å². The maximum Gasteiger partial charge on any atom is 0.0347 e. The first-order valence-electron chi connectivity index (χ1n) is 2.93. The highest BCUT2D eigenvalue weighted by Crippen LogP contribution is 2.12. The summed E-state index contributed by atoms with van der Waals surface area (Å²) in [7, 11) is 0. The van der Waals surface area contributed by atoms with Gasteiger partial charge in [-0.05, 0) is 13.0 Å². The van der Waals surface area contributed by atoms with E-state index in [4.69, 9.17) is 0 Å². The molecule has 4 heteroatoms. The van der Waals surface area contributed by atoms with Crippen molar-refractivity contribution >= 4 is 24.8 Å². The van der Waals surface area contributed by atoms with Crippen molar-refractivity contribution in [3.63, 3.8) is 0 Å². The molecule has 56 valence electrons. The normalized spacial score (nSPS) is 37.3. The zero-order valence-corrected chi connectivity index (χ0v) is 6.73. The van der Waals surface area contributed by atoms with Gasteiger partial charge < -0.3 is 10.6 Å². The molecule has 2 fully saturated rings. The van der Waals surface area contributed by atoms with Gasteiger partial charge in [0.15, 0.2) is 0 Å². The van der Waals surface area contributed by atoms with Crippen molar-refractivity contribution in [1.82, 2.24) is 10.6 Å². The molecule has 0 radical (unpaired) electrons. The molecule has 0 aliphatic carbocycles. The zero-order valence-electron chi connectivity index (χ0n) is 5.09. The third kappa shape index (κ3) is 1.49. The molecule has 0 bridgehead atoms. The van der Waals surface area contributed by atoms with E-state index >= 15 is 0 Å². The van der Waals surface area contributed by atoms with E-state index in [1.165, 1.54) is 19.5 Å². The largest absolute Gasteiger partial charge is 0.311 e. The van der Waals surface area contributed by atoms with Gasteiger partial charge in [-0.2, -0.15) is 0 Å². The maximum atomic E-state index is 3.39. The van der Waals surface area contributed by atoms with E-state index in [2.05, 4.69) is 10.6 Å². The molecule has 0 spiro atoms. The summed E-state index contributed by atoms with van der Waals surface area (Å²) in [4.78, 5) is 0. The van der Waals surface area contributed by atoms with Gasteiger partial charge in [0, 0.05) is 18.6 Å². The van der Waals surface area contributed by atoms with Gasteiger partial charge in [0.1, 0.15) is 0 Å². The van der Waals surface area contributed by atoms with E-state index in [0.29, 0.717) is 0 Å². The highest BCUT2D eigenvalue weighted by molar-refractivity contribution is 5.85. The van der Waals surface area contributed by atoms with E-state index in [0.717, 1.165) is 12.1 Å². The Balaban J connectivity index is 0.000000320. The number of hydrogen-bond donors (Lipinski definition) is 2. The molecule has 0 unspecified atom stereocenters. The van der Waals surface area contributed by atoms with Crippen molar-refractivity contribution < 1.29 is 0 Å². The summed E-state index contributed by atoms with van der Waals surface area (Å²) in [5.41, 5.74) is 0. The molecule has 9 heavy (non-hydrogen) atoms. The van der Waals surface area contributed by atoms with E-state index in [1.807, 2.05) is 0 Å². The van der Waals surface area contributed by atoms with Gasteiger partial charge in [-0.25, -0.2) is 0 Å². The number of halogens is 2. The fourth-order valence-corrected chi connectivity index (χ4v) is 1.34. The average Bonchev–Trinajstić information content (AvgIpc) is 1.85. The minimum Gasteiger partial charge on any atom is -0.311 e. The highest BCUT2D eigenvalue weighted by atomic mass is 35.5. The summed E-state index contributed by atoms with van der Waals surface area (Å²) in [6.07, 6.45) is 1.34. The summed E-state index contributed by atoms with van der Waals surface area (Å²) >= 11 is 0. The van der Waals surface area contributed by atoms with Crippen molar-refractivity contribution in [2.45, 2.75) is 18.5 Å². The fourth-order valence-electron chi connectivity index (χ4n) is 1.34. The summed E-state index contributed by atoms with van der Waals surface area (Å²) in [5.74, 6) is 0. The Morgan fingerprint density at radius 1 is 1.00 bits per heavy atom. The van der Waals surface area contributed by atoms with Crippen molar-refractivity contribution in [3.8, 4) is 0 Å². The van der Waals surface area contributed by atoms with Gasteiger partial charge in [0.2, 0.25) is 0 Å². The Kier molecular flexibility index (Phi) is 3.82.